The van der Waals surface area contributed by atoms with E-state index in [2.05, 4.69) is 6.92 Å². The Morgan fingerprint density at radius 2 is 1.80 bits per heavy atom. The highest BCUT2D eigenvalue weighted by molar-refractivity contribution is 7.21. The van der Waals surface area contributed by atoms with Crippen LogP contribution >= 0.6 is 11.3 Å². The molecule has 2 rings (SSSR count). The Hall–Kier alpha value is -1.68. The average Bonchev–Trinajstić information content (AvgIpc) is 2.92. The fraction of sp³-hybridized carbons (Fsp3) is 0.524. The molecular formula is C21H29NO2S. The molecule has 0 aliphatic heterocycles. The number of thiophene rings is 1. The SMILES string of the molecule is CCCCN(CC)C(=O)Cc1c(C(=O)C(C)(C)C)sc2ccccc12. The van der Waals surface area contributed by atoms with Gasteiger partial charge in [-0.05, 0) is 30.4 Å². The molecule has 0 atom stereocenters. The number of fused-ring (bicyclic) bond motifs is 1. The second-order valence-electron chi connectivity index (χ2n) is 7.49. The number of Topliss-reactive ketones (excluding diaryl/α,β-unsaturated/α-hetero) is 1. The summed E-state index contributed by atoms with van der Waals surface area (Å²) in [6, 6.07) is 8.01. The Kier molecular flexibility index (Phi) is 6.39. The predicted octanol–water partition coefficient (Wildman–Crippen LogP) is 5.32. The van der Waals surface area contributed by atoms with Gasteiger partial charge in [-0.1, -0.05) is 52.3 Å². The number of hydrogen-bond donors (Lipinski definition) is 0. The van der Waals surface area contributed by atoms with Crippen LogP contribution in [0.25, 0.3) is 10.1 Å². The molecule has 136 valence electrons. The van der Waals surface area contributed by atoms with E-state index >= 15 is 0 Å². The van der Waals surface area contributed by atoms with Crippen LogP contribution in [-0.4, -0.2) is 29.7 Å². The van der Waals surface area contributed by atoms with Crippen LogP contribution in [0.5, 0.6) is 0 Å². The first-order valence-corrected chi connectivity index (χ1v) is 9.94. The van der Waals surface area contributed by atoms with Gasteiger partial charge in [0.15, 0.2) is 5.78 Å². The monoisotopic (exact) mass is 359 g/mol. The summed E-state index contributed by atoms with van der Waals surface area (Å²) in [7, 11) is 0. The van der Waals surface area contributed by atoms with Gasteiger partial charge in [0.1, 0.15) is 0 Å². The molecule has 0 unspecified atom stereocenters. The molecule has 1 aromatic carbocycles. The lowest BCUT2D eigenvalue weighted by molar-refractivity contribution is -0.130. The molecule has 0 aliphatic rings. The first-order chi connectivity index (χ1) is 11.8. The highest BCUT2D eigenvalue weighted by Crippen LogP contribution is 2.36. The minimum atomic E-state index is -0.453. The lowest BCUT2D eigenvalue weighted by Crippen LogP contribution is -2.33. The molecule has 2 aromatic rings. The van der Waals surface area contributed by atoms with Crippen molar-refractivity contribution in [3.63, 3.8) is 0 Å². The zero-order valence-electron chi connectivity index (χ0n) is 16.0. The van der Waals surface area contributed by atoms with E-state index in [0.717, 1.165) is 39.9 Å². The van der Waals surface area contributed by atoms with Gasteiger partial charge >= 0.3 is 0 Å². The van der Waals surface area contributed by atoms with Crippen molar-refractivity contribution in [2.24, 2.45) is 5.41 Å². The summed E-state index contributed by atoms with van der Waals surface area (Å²) in [6.45, 7) is 11.5. The smallest absolute Gasteiger partial charge is 0.227 e. The van der Waals surface area contributed by atoms with Crippen LogP contribution in [0.3, 0.4) is 0 Å². The average molecular weight is 360 g/mol. The number of benzene rings is 1. The minimum Gasteiger partial charge on any atom is -0.343 e. The van der Waals surface area contributed by atoms with Crippen molar-refractivity contribution in [3.8, 4) is 0 Å². The fourth-order valence-electron chi connectivity index (χ4n) is 2.87. The molecule has 4 heteroatoms. The second kappa shape index (κ2) is 8.13. The van der Waals surface area contributed by atoms with E-state index in [1.165, 1.54) is 11.3 Å². The number of ketones is 1. The Balaban J connectivity index is 2.41. The van der Waals surface area contributed by atoms with Crippen LogP contribution in [0, 0.1) is 5.41 Å². The molecule has 3 nitrogen and oxygen atoms in total. The van der Waals surface area contributed by atoms with Gasteiger partial charge in [0.05, 0.1) is 11.3 Å². The highest BCUT2D eigenvalue weighted by atomic mass is 32.1. The predicted molar refractivity (Wildman–Crippen MR) is 106 cm³/mol. The summed E-state index contributed by atoms with van der Waals surface area (Å²) in [5, 5.41) is 1.04. The summed E-state index contributed by atoms with van der Waals surface area (Å²) >= 11 is 1.52. The summed E-state index contributed by atoms with van der Waals surface area (Å²) < 4.78 is 1.08. The quantitative estimate of drug-likeness (QED) is 0.627. The number of hydrogen-bond acceptors (Lipinski definition) is 3. The molecular weight excluding hydrogens is 330 g/mol. The van der Waals surface area contributed by atoms with Crippen LogP contribution < -0.4 is 0 Å². The van der Waals surface area contributed by atoms with Gasteiger partial charge in [0, 0.05) is 23.2 Å². The third-order valence-electron chi connectivity index (χ3n) is 4.43. The topological polar surface area (TPSA) is 37.4 Å². The zero-order chi connectivity index (χ0) is 18.6. The minimum absolute atomic E-state index is 0.113. The van der Waals surface area contributed by atoms with Gasteiger partial charge in [0.2, 0.25) is 5.91 Å². The molecule has 1 heterocycles. The molecule has 1 aromatic heterocycles. The van der Waals surface area contributed by atoms with Gasteiger partial charge in [0.25, 0.3) is 0 Å². The van der Waals surface area contributed by atoms with E-state index in [9.17, 15) is 9.59 Å². The van der Waals surface area contributed by atoms with Crippen LogP contribution in [0.4, 0.5) is 0 Å². The maximum atomic E-state index is 12.9. The van der Waals surface area contributed by atoms with Gasteiger partial charge in [-0.25, -0.2) is 0 Å². The maximum Gasteiger partial charge on any atom is 0.227 e. The Labute approximate surface area is 155 Å². The van der Waals surface area contributed by atoms with E-state index in [4.69, 9.17) is 0 Å². The van der Waals surface area contributed by atoms with Crippen LogP contribution in [0.15, 0.2) is 24.3 Å². The van der Waals surface area contributed by atoms with Gasteiger partial charge in [-0.3, -0.25) is 9.59 Å². The Morgan fingerprint density at radius 3 is 2.40 bits per heavy atom. The van der Waals surface area contributed by atoms with Crippen molar-refractivity contribution in [1.82, 2.24) is 4.90 Å². The summed E-state index contributed by atoms with van der Waals surface area (Å²) in [5.74, 6) is 0.232. The van der Waals surface area contributed by atoms with Crippen molar-refractivity contribution in [2.75, 3.05) is 13.1 Å². The standard InChI is InChI=1S/C21H29NO2S/c1-6-8-13-22(7-2)18(23)14-16-15-11-9-10-12-17(15)25-19(16)20(24)21(3,4)5/h9-12H,6-8,13-14H2,1-5H3. The molecule has 0 saturated carbocycles. The van der Waals surface area contributed by atoms with Crippen molar-refractivity contribution >= 4 is 33.1 Å². The molecule has 25 heavy (non-hydrogen) atoms. The number of nitrogens with zero attached hydrogens (tertiary/aromatic N) is 1. The summed E-state index contributed by atoms with van der Waals surface area (Å²) in [5.41, 5.74) is 0.450. The number of likely N-dealkylation sites (N-methyl/N-ethyl adjacent to an activating group) is 1. The maximum absolute atomic E-state index is 12.9. The molecule has 0 fully saturated rings. The van der Waals surface area contributed by atoms with E-state index in [1.807, 2.05) is 56.9 Å². The Bertz CT molecular complexity index is 755. The molecule has 0 saturated heterocycles. The summed E-state index contributed by atoms with van der Waals surface area (Å²) in [6.07, 6.45) is 2.38. The third-order valence-corrected chi connectivity index (χ3v) is 5.64. The van der Waals surface area contributed by atoms with Crippen LogP contribution in [-0.2, 0) is 11.2 Å². The van der Waals surface area contributed by atoms with Crippen LogP contribution in [0.2, 0.25) is 0 Å². The Morgan fingerprint density at radius 1 is 1.12 bits per heavy atom. The van der Waals surface area contributed by atoms with Crippen LogP contribution in [0.1, 0.15) is 62.7 Å². The van der Waals surface area contributed by atoms with Gasteiger partial charge in [-0.2, -0.15) is 0 Å². The van der Waals surface area contributed by atoms with Crippen molar-refractivity contribution < 1.29 is 9.59 Å². The largest absolute Gasteiger partial charge is 0.343 e. The lowest BCUT2D eigenvalue weighted by Gasteiger charge is -2.21. The number of carbonyl (C=O) groups excluding carboxylic acids is 2. The molecule has 1 amide bonds. The van der Waals surface area contributed by atoms with E-state index in [-0.39, 0.29) is 11.7 Å². The molecule has 0 spiro atoms. The first-order valence-electron chi connectivity index (χ1n) is 9.12. The van der Waals surface area contributed by atoms with Gasteiger partial charge < -0.3 is 4.90 Å². The molecule has 0 bridgehead atoms. The second-order valence-corrected chi connectivity index (χ2v) is 8.54. The zero-order valence-corrected chi connectivity index (χ0v) is 16.8. The highest BCUT2D eigenvalue weighted by Gasteiger charge is 2.29. The summed E-state index contributed by atoms with van der Waals surface area (Å²) in [4.78, 5) is 28.4. The number of unbranched alkanes of at least 4 members (excludes halogenated alkanes) is 1. The fourth-order valence-corrected chi connectivity index (χ4v) is 4.24. The molecule has 0 radical (unpaired) electrons. The lowest BCUT2D eigenvalue weighted by atomic mass is 9.88. The number of rotatable bonds is 7. The molecule has 0 N–H and O–H groups in total. The van der Waals surface area contributed by atoms with E-state index < -0.39 is 5.41 Å². The van der Waals surface area contributed by atoms with Crippen molar-refractivity contribution in [3.05, 3.63) is 34.7 Å². The third kappa shape index (κ3) is 4.49. The van der Waals surface area contributed by atoms with E-state index in [1.54, 1.807) is 0 Å². The molecule has 0 aliphatic carbocycles. The van der Waals surface area contributed by atoms with E-state index in [0.29, 0.717) is 13.0 Å². The van der Waals surface area contributed by atoms with Crippen molar-refractivity contribution in [2.45, 2.75) is 53.9 Å². The first kappa shape index (κ1) is 19.6. The number of amides is 1. The normalized spacial score (nSPS) is 11.7. The van der Waals surface area contributed by atoms with Crippen molar-refractivity contribution in [1.29, 1.82) is 0 Å². The number of carbonyl (C=O) groups is 2. The van der Waals surface area contributed by atoms with Gasteiger partial charge in [-0.15, -0.1) is 11.3 Å².